The number of benzene rings is 1. The van der Waals surface area contributed by atoms with Gasteiger partial charge in [0, 0.05) is 44.8 Å². The molecule has 2 aromatic rings. The topological polar surface area (TPSA) is 71.1 Å². The minimum absolute atomic E-state index is 0.229. The Morgan fingerprint density at radius 3 is 2.85 bits per heavy atom. The fraction of sp³-hybridized carbons (Fsp3) is 0.400. The molecule has 0 saturated heterocycles. The first-order valence-electron chi connectivity index (χ1n) is 9.22. The molecule has 144 valence electrons. The van der Waals surface area contributed by atoms with Crippen LogP contribution in [0.4, 0.5) is 11.5 Å². The quantitative estimate of drug-likeness (QED) is 0.743. The van der Waals surface area contributed by atoms with Crippen LogP contribution in [0.2, 0.25) is 5.02 Å². The molecule has 1 amide bonds. The second-order valence-corrected chi connectivity index (χ2v) is 9.14. The van der Waals surface area contributed by atoms with Crippen molar-refractivity contribution in [1.82, 2.24) is 4.98 Å². The summed E-state index contributed by atoms with van der Waals surface area (Å²) in [4.78, 5) is 16.7. The van der Waals surface area contributed by atoms with E-state index >= 15 is 0 Å². The monoisotopic (exact) mass is 405 g/mol. The second-order valence-electron chi connectivity index (χ2n) is 6.70. The Bertz CT molecular complexity index is 813. The summed E-state index contributed by atoms with van der Waals surface area (Å²) in [7, 11) is -0.746. The molecule has 7 heteroatoms. The normalized spacial score (nSPS) is 20.7. The molecule has 1 aliphatic rings. The van der Waals surface area contributed by atoms with Crippen molar-refractivity contribution in [3.05, 3.63) is 53.2 Å². The van der Waals surface area contributed by atoms with E-state index in [-0.39, 0.29) is 17.2 Å². The van der Waals surface area contributed by atoms with Gasteiger partial charge in [-0.15, -0.1) is 0 Å². The molecule has 1 heterocycles. The van der Waals surface area contributed by atoms with Gasteiger partial charge in [-0.05, 0) is 49.6 Å². The molecule has 3 atom stereocenters. The maximum absolute atomic E-state index is 12.3. The zero-order valence-corrected chi connectivity index (χ0v) is 16.9. The van der Waals surface area contributed by atoms with Crippen molar-refractivity contribution in [3.63, 3.8) is 0 Å². The van der Waals surface area contributed by atoms with E-state index in [9.17, 15) is 9.00 Å². The number of aromatic nitrogens is 1. The maximum atomic E-state index is 12.3. The third-order valence-electron chi connectivity index (χ3n) is 4.74. The molecule has 1 aliphatic carbocycles. The van der Waals surface area contributed by atoms with Crippen LogP contribution in [0.15, 0.2) is 42.6 Å². The summed E-state index contributed by atoms with van der Waals surface area (Å²) in [5.74, 6) is 1.22. The Hall–Kier alpha value is -1.92. The molecular formula is C20H24ClN3O2S. The van der Waals surface area contributed by atoms with Crippen molar-refractivity contribution in [2.45, 2.75) is 43.9 Å². The number of carbonyl (C=O) groups is 1. The van der Waals surface area contributed by atoms with Gasteiger partial charge in [-0.3, -0.25) is 9.00 Å². The highest BCUT2D eigenvalue weighted by Gasteiger charge is 2.25. The number of rotatable bonds is 6. The lowest BCUT2D eigenvalue weighted by molar-refractivity contribution is 0.102. The van der Waals surface area contributed by atoms with Crippen LogP contribution in [0, 0.1) is 0 Å². The van der Waals surface area contributed by atoms with Crippen LogP contribution in [0.5, 0.6) is 0 Å². The minimum Gasteiger partial charge on any atom is -0.367 e. The fourth-order valence-corrected chi connectivity index (χ4v) is 4.88. The van der Waals surface area contributed by atoms with Crippen LogP contribution in [0.1, 0.15) is 43.0 Å². The lowest BCUT2D eigenvalue weighted by Gasteiger charge is -2.29. The number of amides is 1. The predicted molar refractivity (Wildman–Crippen MR) is 112 cm³/mol. The summed E-state index contributed by atoms with van der Waals surface area (Å²) < 4.78 is 12.1. The number of halogens is 1. The van der Waals surface area contributed by atoms with E-state index in [0.29, 0.717) is 22.0 Å². The SMILES string of the molecule is CCS(=O)C1CCCC(Nc2ccc(C(=O)Nc3cccc(Cl)c3)cn2)C1. The van der Waals surface area contributed by atoms with Crippen molar-refractivity contribution in [2.24, 2.45) is 0 Å². The van der Waals surface area contributed by atoms with Gasteiger partial charge in [0.2, 0.25) is 0 Å². The molecule has 0 spiro atoms. The van der Waals surface area contributed by atoms with Crippen LogP contribution >= 0.6 is 11.6 Å². The Balaban J connectivity index is 1.58. The molecule has 3 unspecified atom stereocenters. The molecule has 0 bridgehead atoms. The Labute approximate surface area is 167 Å². The summed E-state index contributed by atoms with van der Waals surface area (Å²) in [6.07, 6.45) is 5.63. The average Bonchev–Trinajstić information content (AvgIpc) is 2.68. The first kappa shape index (κ1) is 19.8. The van der Waals surface area contributed by atoms with Crippen molar-refractivity contribution < 1.29 is 9.00 Å². The lowest BCUT2D eigenvalue weighted by atomic mass is 9.95. The molecule has 0 aliphatic heterocycles. The van der Waals surface area contributed by atoms with Gasteiger partial charge in [0.15, 0.2) is 0 Å². The van der Waals surface area contributed by atoms with Crippen molar-refractivity contribution in [3.8, 4) is 0 Å². The van der Waals surface area contributed by atoms with Gasteiger partial charge in [0.1, 0.15) is 5.82 Å². The van der Waals surface area contributed by atoms with Gasteiger partial charge in [-0.25, -0.2) is 4.98 Å². The van der Waals surface area contributed by atoms with E-state index in [0.717, 1.165) is 31.5 Å². The first-order valence-corrected chi connectivity index (χ1v) is 11.0. The molecule has 1 aromatic carbocycles. The number of nitrogens with one attached hydrogen (secondary N) is 2. The second kappa shape index (κ2) is 9.33. The molecule has 1 aromatic heterocycles. The molecule has 3 rings (SSSR count). The fourth-order valence-electron chi connectivity index (χ4n) is 3.34. The van der Waals surface area contributed by atoms with E-state index in [1.807, 2.05) is 13.0 Å². The first-order chi connectivity index (χ1) is 13.0. The largest absolute Gasteiger partial charge is 0.367 e. The number of hydrogen-bond donors (Lipinski definition) is 2. The summed E-state index contributed by atoms with van der Waals surface area (Å²) in [6.45, 7) is 1.97. The van der Waals surface area contributed by atoms with Crippen LogP contribution in [-0.4, -0.2) is 32.1 Å². The summed E-state index contributed by atoms with van der Waals surface area (Å²) in [6, 6.07) is 10.9. The predicted octanol–water partition coefficient (Wildman–Crippen LogP) is 4.48. The zero-order chi connectivity index (χ0) is 19.2. The Morgan fingerprint density at radius 1 is 1.30 bits per heavy atom. The Morgan fingerprint density at radius 2 is 2.15 bits per heavy atom. The van der Waals surface area contributed by atoms with Crippen molar-refractivity contribution >= 4 is 39.8 Å². The van der Waals surface area contributed by atoms with Gasteiger partial charge in [0.05, 0.1) is 5.56 Å². The van der Waals surface area contributed by atoms with Crippen molar-refractivity contribution in [1.29, 1.82) is 0 Å². The molecule has 1 fully saturated rings. The zero-order valence-electron chi connectivity index (χ0n) is 15.3. The number of carbonyl (C=O) groups excluding carboxylic acids is 1. The van der Waals surface area contributed by atoms with Crippen LogP contribution in [-0.2, 0) is 10.8 Å². The third-order valence-corrected chi connectivity index (χ3v) is 6.72. The van der Waals surface area contributed by atoms with E-state index in [4.69, 9.17) is 11.6 Å². The molecule has 27 heavy (non-hydrogen) atoms. The number of pyridine rings is 1. The third kappa shape index (κ3) is 5.53. The summed E-state index contributed by atoms with van der Waals surface area (Å²) >= 11 is 5.94. The highest BCUT2D eigenvalue weighted by molar-refractivity contribution is 7.85. The molecule has 1 saturated carbocycles. The van der Waals surface area contributed by atoms with Gasteiger partial charge >= 0.3 is 0 Å². The summed E-state index contributed by atoms with van der Waals surface area (Å²) in [5.41, 5.74) is 1.13. The van der Waals surface area contributed by atoms with Crippen LogP contribution < -0.4 is 10.6 Å². The van der Waals surface area contributed by atoms with E-state index in [1.54, 1.807) is 36.5 Å². The number of nitrogens with zero attached hydrogens (tertiary/aromatic N) is 1. The minimum atomic E-state index is -0.746. The molecule has 2 N–H and O–H groups in total. The lowest BCUT2D eigenvalue weighted by Crippen LogP contribution is -2.33. The average molecular weight is 406 g/mol. The standard InChI is InChI=1S/C20H24ClN3O2S/c1-2-27(26)18-8-4-7-17(12-18)23-19-10-9-14(13-22-19)20(25)24-16-6-3-5-15(21)11-16/h3,5-6,9-11,13,17-18H,2,4,7-8,12H2,1H3,(H,22,23)(H,24,25). The number of hydrogen-bond acceptors (Lipinski definition) is 4. The van der Waals surface area contributed by atoms with Gasteiger partial charge in [-0.1, -0.05) is 31.0 Å². The molecule has 0 radical (unpaired) electrons. The number of anilines is 2. The maximum Gasteiger partial charge on any atom is 0.257 e. The van der Waals surface area contributed by atoms with Crippen LogP contribution in [0.25, 0.3) is 0 Å². The Kier molecular flexibility index (Phi) is 6.85. The van der Waals surface area contributed by atoms with E-state index in [2.05, 4.69) is 15.6 Å². The molecule has 5 nitrogen and oxygen atoms in total. The highest BCUT2D eigenvalue weighted by Crippen LogP contribution is 2.25. The van der Waals surface area contributed by atoms with Crippen molar-refractivity contribution in [2.75, 3.05) is 16.4 Å². The smallest absolute Gasteiger partial charge is 0.257 e. The van der Waals surface area contributed by atoms with E-state index < -0.39 is 10.8 Å². The van der Waals surface area contributed by atoms with E-state index in [1.165, 1.54) is 0 Å². The molecular weight excluding hydrogens is 382 g/mol. The van der Waals surface area contributed by atoms with Gasteiger partial charge in [-0.2, -0.15) is 0 Å². The highest BCUT2D eigenvalue weighted by atomic mass is 35.5. The van der Waals surface area contributed by atoms with Gasteiger partial charge in [0.25, 0.3) is 5.91 Å². The van der Waals surface area contributed by atoms with Crippen LogP contribution in [0.3, 0.4) is 0 Å². The van der Waals surface area contributed by atoms with Gasteiger partial charge < -0.3 is 10.6 Å². The summed E-state index contributed by atoms with van der Waals surface area (Å²) in [5, 5.41) is 7.06.